The highest BCUT2D eigenvalue weighted by molar-refractivity contribution is 6.06. The second kappa shape index (κ2) is 6.95. The zero-order chi connectivity index (χ0) is 23.1. The van der Waals surface area contributed by atoms with Crippen LogP contribution in [0.3, 0.4) is 0 Å². The Kier molecular flexibility index (Phi) is 4.82. The highest BCUT2D eigenvalue weighted by atomic mass is 16.3. The van der Waals surface area contributed by atoms with E-state index >= 15 is 0 Å². The molecule has 0 aromatic rings. The molecule has 0 aromatic carbocycles. The van der Waals surface area contributed by atoms with Gasteiger partial charge in [-0.25, -0.2) is 0 Å². The van der Waals surface area contributed by atoms with Crippen molar-refractivity contribution in [2.75, 3.05) is 13.6 Å². The number of aliphatic hydroxyl groups is 1. The minimum absolute atomic E-state index is 0.0835. The van der Waals surface area contributed by atoms with Crippen LogP contribution in [0.4, 0.5) is 0 Å². The summed E-state index contributed by atoms with van der Waals surface area (Å²) in [5, 5.41) is 13.8. The molecule has 5 rings (SSSR count). The standard InChI is InChI=1S/C29H41NO2/c1-18-19-7-8-24-28(4,21(19)15-23(31)25(18)32)10-9-20-22-16-26(2,17-30-6)11-12-27(22,3)13-14-29(20,24)5/h7-8,15,20,22,30,32H,9-14,16-17H2,1-6H3. The first kappa shape index (κ1) is 22.2. The molecule has 0 radical (unpaired) electrons. The van der Waals surface area contributed by atoms with Gasteiger partial charge < -0.3 is 10.4 Å². The van der Waals surface area contributed by atoms with Crippen LogP contribution in [-0.2, 0) is 4.79 Å². The van der Waals surface area contributed by atoms with Gasteiger partial charge in [-0.15, -0.1) is 0 Å². The number of hydrogen-bond acceptors (Lipinski definition) is 3. The number of fused-ring (bicyclic) bond motifs is 7. The Morgan fingerprint density at radius 2 is 1.75 bits per heavy atom. The van der Waals surface area contributed by atoms with Crippen molar-refractivity contribution in [1.29, 1.82) is 0 Å². The third kappa shape index (κ3) is 2.85. The lowest BCUT2D eigenvalue weighted by Gasteiger charge is -2.65. The predicted octanol–water partition coefficient (Wildman–Crippen LogP) is 6.44. The summed E-state index contributed by atoms with van der Waals surface area (Å²) in [4.78, 5) is 12.6. The van der Waals surface area contributed by atoms with Crippen molar-refractivity contribution in [1.82, 2.24) is 5.32 Å². The fraction of sp³-hybridized carbons (Fsp3) is 0.690. The zero-order valence-electron chi connectivity index (χ0n) is 20.9. The SMILES string of the molecule is CNCC1(C)CCC2(C)CCC3(C)C4=CC=C5C(=CC(=O)C(O)=C5C)C4(C)CCC3C2C1. The minimum Gasteiger partial charge on any atom is -0.504 e. The van der Waals surface area contributed by atoms with Crippen LogP contribution in [-0.4, -0.2) is 24.5 Å². The molecule has 3 fully saturated rings. The maximum atomic E-state index is 12.6. The van der Waals surface area contributed by atoms with Gasteiger partial charge in [0.15, 0.2) is 5.76 Å². The molecule has 3 nitrogen and oxygen atoms in total. The predicted molar refractivity (Wildman–Crippen MR) is 130 cm³/mol. The van der Waals surface area contributed by atoms with E-state index < -0.39 is 0 Å². The monoisotopic (exact) mass is 435 g/mol. The van der Waals surface area contributed by atoms with E-state index in [4.69, 9.17) is 0 Å². The molecular formula is C29H41NO2. The Labute approximate surface area is 194 Å². The molecule has 3 saturated carbocycles. The van der Waals surface area contributed by atoms with Gasteiger partial charge in [0.1, 0.15) is 0 Å². The molecule has 0 bridgehead atoms. The Balaban J connectivity index is 1.57. The normalized spacial score (nSPS) is 45.7. The maximum absolute atomic E-state index is 12.6. The van der Waals surface area contributed by atoms with Crippen molar-refractivity contribution < 1.29 is 9.90 Å². The molecule has 6 unspecified atom stereocenters. The summed E-state index contributed by atoms with van der Waals surface area (Å²) in [7, 11) is 2.10. The van der Waals surface area contributed by atoms with Crippen LogP contribution in [0.5, 0.6) is 0 Å². The molecule has 0 aliphatic heterocycles. The minimum atomic E-state index is -0.226. The highest BCUT2D eigenvalue weighted by Gasteiger charge is 2.61. The first-order valence-corrected chi connectivity index (χ1v) is 12.7. The third-order valence-corrected chi connectivity index (χ3v) is 10.8. The van der Waals surface area contributed by atoms with Crippen LogP contribution in [0.1, 0.15) is 79.6 Å². The molecule has 0 aromatic heterocycles. The summed E-state index contributed by atoms with van der Waals surface area (Å²) >= 11 is 0. The van der Waals surface area contributed by atoms with Crippen LogP contribution in [0, 0.1) is 33.5 Å². The number of nitrogens with one attached hydrogen (secondary N) is 1. The average molecular weight is 436 g/mol. The van der Waals surface area contributed by atoms with Crippen molar-refractivity contribution in [3.63, 3.8) is 0 Å². The fourth-order valence-electron chi connectivity index (χ4n) is 8.70. The summed E-state index contributed by atoms with van der Waals surface area (Å²) in [6.07, 6.45) is 15.2. The van der Waals surface area contributed by atoms with Crippen LogP contribution in [0.25, 0.3) is 0 Å². The number of aliphatic hydroxyl groups excluding tert-OH is 1. The molecule has 6 atom stereocenters. The molecule has 5 aliphatic carbocycles. The number of carbonyl (C=O) groups excluding carboxylic acids is 1. The Morgan fingerprint density at radius 1 is 1.03 bits per heavy atom. The van der Waals surface area contributed by atoms with Crippen LogP contribution < -0.4 is 5.32 Å². The van der Waals surface area contributed by atoms with Gasteiger partial charge in [-0.2, -0.15) is 0 Å². The van der Waals surface area contributed by atoms with Crippen LogP contribution >= 0.6 is 0 Å². The van der Waals surface area contributed by atoms with E-state index in [0.29, 0.717) is 16.7 Å². The van der Waals surface area contributed by atoms with Gasteiger partial charge in [-0.1, -0.05) is 45.4 Å². The lowest BCUT2D eigenvalue weighted by molar-refractivity contribution is -0.114. The number of carbonyl (C=O) groups is 1. The molecular weight excluding hydrogens is 394 g/mol. The van der Waals surface area contributed by atoms with E-state index in [9.17, 15) is 9.90 Å². The first-order chi connectivity index (χ1) is 15.0. The fourth-order valence-corrected chi connectivity index (χ4v) is 8.70. The Hall–Kier alpha value is -1.61. The zero-order valence-corrected chi connectivity index (χ0v) is 20.9. The summed E-state index contributed by atoms with van der Waals surface area (Å²) in [5.41, 5.74) is 5.42. The first-order valence-electron chi connectivity index (χ1n) is 12.7. The second-order valence-electron chi connectivity index (χ2n) is 12.8. The molecule has 0 spiro atoms. The van der Waals surface area contributed by atoms with Gasteiger partial charge in [0, 0.05) is 17.5 Å². The molecule has 0 amide bonds. The molecule has 0 saturated heterocycles. The summed E-state index contributed by atoms with van der Waals surface area (Å²) in [6.45, 7) is 13.0. The highest BCUT2D eigenvalue weighted by Crippen LogP contribution is 2.70. The Morgan fingerprint density at radius 3 is 2.47 bits per heavy atom. The molecule has 174 valence electrons. The lowest BCUT2D eigenvalue weighted by Crippen LogP contribution is -2.56. The number of hydrogen-bond donors (Lipinski definition) is 2. The van der Waals surface area contributed by atoms with Gasteiger partial charge in [-0.3, -0.25) is 4.79 Å². The quantitative estimate of drug-likeness (QED) is 0.524. The summed E-state index contributed by atoms with van der Waals surface area (Å²) < 4.78 is 0. The summed E-state index contributed by atoms with van der Waals surface area (Å²) in [6, 6.07) is 0. The van der Waals surface area contributed by atoms with Crippen molar-refractivity contribution >= 4 is 5.78 Å². The molecule has 2 N–H and O–H groups in total. The second-order valence-corrected chi connectivity index (χ2v) is 12.8. The molecule has 5 aliphatic rings. The molecule has 32 heavy (non-hydrogen) atoms. The largest absolute Gasteiger partial charge is 0.504 e. The Bertz CT molecular complexity index is 999. The van der Waals surface area contributed by atoms with Crippen molar-refractivity contribution in [2.24, 2.45) is 33.5 Å². The van der Waals surface area contributed by atoms with Gasteiger partial charge in [0.05, 0.1) is 0 Å². The van der Waals surface area contributed by atoms with E-state index in [1.165, 1.54) is 38.5 Å². The molecule has 3 heteroatoms. The lowest BCUT2D eigenvalue weighted by atomic mass is 9.39. The van der Waals surface area contributed by atoms with Crippen LogP contribution in [0.15, 0.2) is 46.3 Å². The van der Waals surface area contributed by atoms with Gasteiger partial charge in [-0.05, 0) is 104 Å². The van der Waals surface area contributed by atoms with Crippen molar-refractivity contribution in [3.8, 4) is 0 Å². The topological polar surface area (TPSA) is 49.3 Å². The van der Waals surface area contributed by atoms with Crippen LogP contribution in [0.2, 0.25) is 0 Å². The van der Waals surface area contributed by atoms with Gasteiger partial charge in [0.25, 0.3) is 0 Å². The number of rotatable bonds is 2. The molecule has 0 heterocycles. The van der Waals surface area contributed by atoms with E-state index in [-0.39, 0.29) is 22.4 Å². The average Bonchev–Trinajstić information content (AvgIpc) is 2.74. The maximum Gasteiger partial charge on any atom is 0.220 e. The van der Waals surface area contributed by atoms with E-state index in [1.807, 2.05) is 6.92 Å². The number of ketones is 1. The van der Waals surface area contributed by atoms with E-state index in [1.54, 1.807) is 11.6 Å². The van der Waals surface area contributed by atoms with Gasteiger partial charge in [0.2, 0.25) is 5.78 Å². The summed E-state index contributed by atoms with van der Waals surface area (Å²) in [5.74, 6) is 1.16. The van der Waals surface area contributed by atoms with Crippen molar-refractivity contribution in [2.45, 2.75) is 79.6 Å². The van der Waals surface area contributed by atoms with Crippen molar-refractivity contribution in [3.05, 3.63) is 46.3 Å². The van der Waals surface area contributed by atoms with E-state index in [0.717, 1.165) is 35.6 Å². The van der Waals surface area contributed by atoms with E-state index in [2.05, 4.69) is 52.2 Å². The van der Waals surface area contributed by atoms with Gasteiger partial charge >= 0.3 is 0 Å². The number of allylic oxidation sites excluding steroid dienone is 7. The third-order valence-electron chi connectivity index (χ3n) is 10.8. The smallest absolute Gasteiger partial charge is 0.220 e.